The largest absolute Gasteiger partial charge is 0.381 e. The maximum absolute atomic E-state index is 13.2. The molecule has 1 aromatic carbocycles. The number of hydrogen-bond acceptors (Lipinski definition) is 6. The second-order valence-electron chi connectivity index (χ2n) is 7.81. The first-order valence-electron chi connectivity index (χ1n) is 10.2. The van der Waals surface area contributed by atoms with Crippen LogP contribution in [-0.4, -0.2) is 37.8 Å². The Kier molecular flexibility index (Phi) is 6.32. The second kappa shape index (κ2) is 8.93. The van der Waals surface area contributed by atoms with Gasteiger partial charge in [-0.05, 0) is 49.7 Å². The smallest absolute Gasteiger partial charge is 0.233 e. The summed E-state index contributed by atoms with van der Waals surface area (Å²) in [6.07, 6.45) is 6.37. The summed E-state index contributed by atoms with van der Waals surface area (Å²) in [6, 6.07) is 7.04. The molecule has 1 saturated carbocycles. The highest BCUT2D eigenvalue weighted by Gasteiger charge is 2.37. The van der Waals surface area contributed by atoms with Crippen molar-refractivity contribution in [2.75, 3.05) is 18.5 Å². The van der Waals surface area contributed by atoms with Gasteiger partial charge in [0, 0.05) is 24.8 Å². The molecule has 29 heavy (non-hydrogen) atoms. The first kappa shape index (κ1) is 20.5. The maximum Gasteiger partial charge on any atom is 0.233 e. The molecule has 0 radical (unpaired) electrons. The molecule has 4 rings (SSSR count). The number of hydrogen-bond donors (Lipinski definition) is 1. The fraction of sp³-hybridized carbons (Fsp3) is 0.524. The van der Waals surface area contributed by atoms with Gasteiger partial charge in [0.2, 0.25) is 5.91 Å². The number of nitrogens with zero attached hydrogens (tertiary/aromatic N) is 1. The summed E-state index contributed by atoms with van der Waals surface area (Å²) in [5.41, 5.74) is 0.611. The van der Waals surface area contributed by atoms with Crippen molar-refractivity contribution in [2.45, 2.75) is 54.6 Å². The Morgan fingerprint density at radius 2 is 1.97 bits per heavy atom. The predicted molar refractivity (Wildman–Crippen MR) is 113 cm³/mol. The molecular formula is C21H26N2O4S2. The van der Waals surface area contributed by atoms with Crippen molar-refractivity contribution in [3.05, 3.63) is 41.4 Å². The van der Waals surface area contributed by atoms with Gasteiger partial charge >= 0.3 is 0 Å². The van der Waals surface area contributed by atoms with E-state index in [2.05, 4.69) is 10.3 Å². The van der Waals surface area contributed by atoms with Crippen LogP contribution in [0.5, 0.6) is 0 Å². The molecule has 8 heteroatoms. The normalized spacial score (nSPS) is 19.4. The molecule has 2 heterocycles. The molecule has 1 amide bonds. The summed E-state index contributed by atoms with van der Waals surface area (Å²) in [4.78, 5) is 17.7. The van der Waals surface area contributed by atoms with Crippen LogP contribution >= 0.6 is 11.3 Å². The molecule has 1 N–H and O–H groups in total. The molecule has 2 aliphatic rings. The Morgan fingerprint density at radius 3 is 2.62 bits per heavy atom. The molecular weight excluding hydrogens is 408 g/mol. The van der Waals surface area contributed by atoms with E-state index in [1.165, 1.54) is 11.3 Å². The van der Waals surface area contributed by atoms with Crippen molar-refractivity contribution in [1.29, 1.82) is 0 Å². The zero-order valence-corrected chi connectivity index (χ0v) is 17.9. The van der Waals surface area contributed by atoms with Crippen molar-refractivity contribution in [1.82, 2.24) is 4.98 Å². The van der Waals surface area contributed by atoms with Crippen molar-refractivity contribution in [3.8, 4) is 0 Å². The minimum atomic E-state index is -3.43. The Bertz CT molecular complexity index is 933. The zero-order valence-electron chi connectivity index (χ0n) is 16.2. The van der Waals surface area contributed by atoms with Gasteiger partial charge in [-0.1, -0.05) is 24.6 Å². The average Bonchev–Trinajstić information content (AvgIpc) is 3.18. The second-order valence-corrected chi connectivity index (χ2v) is 10.9. The molecule has 156 valence electrons. The first-order chi connectivity index (χ1) is 14.1. The van der Waals surface area contributed by atoms with Crippen LogP contribution < -0.4 is 5.32 Å². The SMILES string of the molecule is O=C(Nc1nccs1)C(CC1CCOCC1)c1ccccc1S(=O)(=O)C1CCC1. The number of carbonyl (C=O) groups is 1. The molecule has 0 bridgehead atoms. The summed E-state index contributed by atoms with van der Waals surface area (Å²) < 4.78 is 31.9. The van der Waals surface area contributed by atoms with Crippen LogP contribution in [0, 0.1) is 5.92 Å². The lowest BCUT2D eigenvalue weighted by molar-refractivity contribution is -0.118. The van der Waals surface area contributed by atoms with Crippen molar-refractivity contribution in [2.24, 2.45) is 5.92 Å². The maximum atomic E-state index is 13.2. The highest BCUT2D eigenvalue weighted by molar-refractivity contribution is 7.92. The molecule has 1 atom stereocenters. The van der Waals surface area contributed by atoms with Gasteiger partial charge in [-0.3, -0.25) is 4.79 Å². The number of rotatable bonds is 7. The summed E-state index contributed by atoms with van der Waals surface area (Å²) in [6.45, 7) is 1.38. The Hall–Kier alpha value is -1.77. The number of anilines is 1. The molecule has 1 aliphatic carbocycles. The van der Waals surface area contributed by atoms with Crippen LogP contribution in [0.4, 0.5) is 5.13 Å². The van der Waals surface area contributed by atoms with E-state index in [0.29, 0.717) is 54.0 Å². The molecule has 0 spiro atoms. The molecule has 1 aliphatic heterocycles. The van der Waals surface area contributed by atoms with Crippen molar-refractivity contribution >= 4 is 32.2 Å². The number of thiazole rings is 1. The van der Waals surface area contributed by atoms with Gasteiger partial charge in [0.15, 0.2) is 15.0 Å². The first-order valence-corrected chi connectivity index (χ1v) is 12.6. The van der Waals surface area contributed by atoms with E-state index in [1.807, 2.05) is 6.07 Å². The average molecular weight is 435 g/mol. The minimum absolute atomic E-state index is 0.192. The highest BCUT2D eigenvalue weighted by atomic mass is 32.2. The van der Waals surface area contributed by atoms with Gasteiger partial charge in [0.05, 0.1) is 16.1 Å². The molecule has 1 saturated heterocycles. The van der Waals surface area contributed by atoms with Crippen LogP contribution in [0.25, 0.3) is 0 Å². The van der Waals surface area contributed by atoms with Gasteiger partial charge in [0.1, 0.15) is 0 Å². The van der Waals surface area contributed by atoms with E-state index in [9.17, 15) is 13.2 Å². The molecule has 2 aromatic rings. The topological polar surface area (TPSA) is 85.4 Å². The summed E-state index contributed by atoms with van der Waals surface area (Å²) in [5, 5.41) is 4.90. The number of nitrogens with one attached hydrogen (secondary N) is 1. The van der Waals surface area contributed by atoms with E-state index >= 15 is 0 Å². The summed E-state index contributed by atoms with van der Waals surface area (Å²) >= 11 is 1.36. The van der Waals surface area contributed by atoms with Gasteiger partial charge in [-0.15, -0.1) is 11.3 Å². The summed E-state index contributed by atoms with van der Waals surface area (Å²) in [7, 11) is -3.43. The lowest BCUT2D eigenvalue weighted by atomic mass is 9.84. The number of benzene rings is 1. The summed E-state index contributed by atoms with van der Waals surface area (Å²) in [5.74, 6) is -0.397. The van der Waals surface area contributed by atoms with E-state index < -0.39 is 15.8 Å². The third kappa shape index (κ3) is 4.54. The Labute approximate surface area is 175 Å². The van der Waals surface area contributed by atoms with Gasteiger partial charge in [-0.2, -0.15) is 0 Å². The van der Waals surface area contributed by atoms with E-state index in [0.717, 1.165) is 19.3 Å². The monoisotopic (exact) mass is 434 g/mol. The molecule has 1 unspecified atom stereocenters. The molecule has 1 aromatic heterocycles. The number of aromatic nitrogens is 1. The fourth-order valence-electron chi connectivity index (χ4n) is 4.06. The Morgan fingerprint density at radius 1 is 1.21 bits per heavy atom. The standard InChI is InChI=1S/C21H26N2O4S2/c24-20(23-21-22-10-13-28-21)18(14-15-8-11-27-12-9-15)17-6-1-2-7-19(17)29(25,26)16-4-3-5-16/h1-2,6-7,10,13,15-16,18H,3-5,8-9,11-12,14H2,(H,22,23,24). The lowest BCUT2D eigenvalue weighted by Crippen LogP contribution is -2.31. The third-order valence-electron chi connectivity index (χ3n) is 5.98. The number of ether oxygens (including phenoxy) is 1. The predicted octanol–water partition coefficient (Wildman–Crippen LogP) is 4.01. The number of carbonyl (C=O) groups excluding carboxylic acids is 1. The van der Waals surface area contributed by atoms with Crippen molar-refractivity contribution < 1.29 is 17.9 Å². The van der Waals surface area contributed by atoms with Crippen molar-refractivity contribution in [3.63, 3.8) is 0 Å². The number of amides is 1. The highest BCUT2D eigenvalue weighted by Crippen LogP contribution is 2.38. The Balaban J connectivity index is 1.67. The minimum Gasteiger partial charge on any atom is -0.381 e. The zero-order chi connectivity index (χ0) is 20.3. The van der Waals surface area contributed by atoms with Crippen LogP contribution in [0.1, 0.15) is 50.0 Å². The van der Waals surface area contributed by atoms with Crippen LogP contribution in [0.15, 0.2) is 40.7 Å². The molecule has 2 fully saturated rings. The number of sulfone groups is 1. The van der Waals surface area contributed by atoms with Crippen LogP contribution in [0.3, 0.4) is 0 Å². The van der Waals surface area contributed by atoms with Crippen LogP contribution in [0.2, 0.25) is 0 Å². The quantitative estimate of drug-likeness (QED) is 0.712. The van der Waals surface area contributed by atoms with Gasteiger partial charge in [0.25, 0.3) is 0 Å². The van der Waals surface area contributed by atoms with E-state index in [1.54, 1.807) is 29.8 Å². The van der Waals surface area contributed by atoms with E-state index in [4.69, 9.17) is 4.74 Å². The van der Waals surface area contributed by atoms with Crippen LogP contribution in [-0.2, 0) is 19.4 Å². The molecule has 6 nitrogen and oxygen atoms in total. The third-order valence-corrected chi connectivity index (χ3v) is 9.00. The van der Waals surface area contributed by atoms with Gasteiger partial charge < -0.3 is 10.1 Å². The van der Waals surface area contributed by atoms with E-state index in [-0.39, 0.29) is 11.2 Å². The lowest BCUT2D eigenvalue weighted by Gasteiger charge is -2.29. The van der Waals surface area contributed by atoms with Gasteiger partial charge in [-0.25, -0.2) is 13.4 Å². The fourth-order valence-corrected chi connectivity index (χ4v) is 6.71.